The Morgan fingerprint density at radius 1 is 0.510 bits per heavy atom. The van der Waals surface area contributed by atoms with E-state index >= 15 is 0 Å². The molecule has 49 heavy (non-hydrogen) atoms. The van der Waals surface area contributed by atoms with E-state index in [2.05, 4.69) is 170 Å². The highest BCUT2D eigenvalue weighted by atomic mass is 15.6. The van der Waals surface area contributed by atoms with Gasteiger partial charge in [-0.2, -0.15) is 9.47 Å². The van der Waals surface area contributed by atoms with Crippen molar-refractivity contribution in [1.29, 1.82) is 0 Å². The zero-order valence-electron chi connectivity index (χ0n) is 29.4. The SMILES string of the molecule is Cc1cc(C)[n+]2n1-c1cccc3c1C21c2c4c(cc5c2N2c6c(cccc6C(C)(C)c6ccc[n+]1c62)C5(C)C)C(C)(C)c1ccccc1N34. The molecule has 0 radical (unpaired) electrons. The third kappa shape index (κ3) is 2.42. The lowest BCUT2D eigenvalue weighted by Crippen LogP contribution is -2.79. The standard InChI is InChI=1S/C44H39N5/c1-24-22-25(2)49-44-35-33(19-12-20-34(35)48(24)49)46-32-18-10-9-14-26(32)41(3,4)30-23-31-39(36(44)38(30)46)47-37-27(15-11-16-28(37)43(31,7)8)42(5,6)29-17-13-21-45(44)40(29)47/h9-23H,1-8H3/q+2. The largest absolute Gasteiger partial charge is 0.394 e. The molecular weight excluding hydrogens is 599 g/mol. The minimum Gasteiger partial charge on any atom is -0.308 e. The molecule has 0 amide bonds. The fourth-order valence-electron chi connectivity index (χ4n) is 11.4. The van der Waals surface area contributed by atoms with Gasteiger partial charge in [0.1, 0.15) is 22.5 Å². The van der Waals surface area contributed by atoms with Gasteiger partial charge >= 0.3 is 5.66 Å². The van der Waals surface area contributed by atoms with E-state index < -0.39 is 5.66 Å². The van der Waals surface area contributed by atoms with Crippen LogP contribution in [0.3, 0.4) is 0 Å². The molecule has 5 heteroatoms. The van der Waals surface area contributed by atoms with Crippen molar-refractivity contribution in [2.45, 2.75) is 77.3 Å². The minimum atomic E-state index is -0.629. The number of nitrogens with zero attached hydrogens (tertiary/aromatic N) is 5. The lowest BCUT2D eigenvalue weighted by atomic mass is 9.61. The van der Waals surface area contributed by atoms with Crippen molar-refractivity contribution in [1.82, 2.24) is 4.68 Å². The van der Waals surface area contributed by atoms with Crippen LogP contribution >= 0.6 is 0 Å². The van der Waals surface area contributed by atoms with E-state index in [4.69, 9.17) is 0 Å². The lowest BCUT2D eigenvalue weighted by molar-refractivity contribution is -0.993. The number of para-hydroxylation sites is 2. The maximum Gasteiger partial charge on any atom is 0.394 e. The van der Waals surface area contributed by atoms with Crippen molar-refractivity contribution in [3.63, 3.8) is 0 Å². The zero-order chi connectivity index (χ0) is 33.3. The molecule has 238 valence electrons. The van der Waals surface area contributed by atoms with Crippen LogP contribution in [0.4, 0.5) is 34.3 Å². The van der Waals surface area contributed by atoms with Crippen LogP contribution in [0, 0.1) is 13.8 Å². The van der Waals surface area contributed by atoms with E-state index in [-0.39, 0.29) is 16.2 Å². The van der Waals surface area contributed by atoms with E-state index in [1.807, 2.05) is 0 Å². The molecule has 1 unspecified atom stereocenters. The van der Waals surface area contributed by atoms with Gasteiger partial charge < -0.3 is 4.90 Å². The first-order valence-electron chi connectivity index (χ1n) is 17.8. The molecule has 0 fully saturated rings. The number of hydrogen-bond acceptors (Lipinski definition) is 2. The summed E-state index contributed by atoms with van der Waals surface area (Å²) in [5.74, 6) is 1.29. The first-order valence-corrected chi connectivity index (χ1v) is 17.8. The van der Waals surface area contributed by atoms with E-state index in [1.54, 1.807) is 0 Å². The Labute approximate surface area is 287 Å². The molecule has 0 saturated carbocycles. The number of rotatable bonds is 0. The molecule has 0 N–H and O–H groups in total. The highest BCUT2D eigenvalue weighted by Crippen LogP contribution is 2.70. The molecule has 8 heterocycles. The molecule has 0 bridgehead atoms. The fraction of sp³-hybridized carbons (Fsp3) is 0.273. The highest BCUT2D eigenvalue weighted by Gasteiger charge is 2.74. The van der Waals surface area contributed by atoms with Gasteiger partial charge in [-0.05, 0) is 54.4 Å². The minimum absolute atomic E-state index is 0.184. The van der Waals surface area contributed by atoms with Crippen LogP contribution in [0.15, 0.2) is 91.1 Å². The van der Waals surface area contributed by atoms with Crippen molar-refractivity contribution in [3.8, 4) is 5.69 Å². The average molecular weight is 638 g/mol. The summed E-state index contributed by atoms with van der Waals surface area (Å²) in [6, 6.07) is 32.9. The molecule has 4 aromatic carbocycles. The smallest absolute Gasteiger partial charge is 0.308 e. The Hall–Kier alpha value is -5.16. The maximum absolute atomic E-state index is 2.69. The third-order valence-electron chi connectivity index (χ3n) is 13.5. The summed E-state index contributed by atoms with van der Waals surface area (Å²) in [5, 5.41) is 0. The first-order chi connectivity index (χ1) is 23.4. The Morgan fingerprint density at radius 3 is 1.88 bits per heavy atom. The van der Waals surface area contributed by atoms with Gasteiger partial charge in [0.15, 0.2) is 5.69 Å². The number of fused-ring (bicyclic) bond motifs is 5. The summed E-state index contributed by atoms with van der Waals surface area (Å²) < 4.78 is 7.83. The van der Waals surface area contributed by atoms with Gasteiger partial charge in [0, 0.05) is 45.9 Å². The van der Waals surface area contributed by atoms with Crippen molar-refractivity contribution >= 4 is 34.3 Å². The van der Waals surface area contributed by atoms with Crippen molar-refractivity contribution in [2.24, 2.45) is 0 Å². The Kier molecular flexibility index (Phi) is 4.11. The predicted octanol–water partition coefficient (Wildman–Crippen LogP) is 8.76. The summed E-state index contributed by atoms with van der Waals surface area (Å²) in [7, 11) is 0. The van der Waals surface area contributed by atoms with Gasteiger partial charge in [-0.3, -0.25) is 0 Å². The van der Waals surface area contributed by atoms with Crippen LogP contribution in [0.2, 0.25) is 0 Å². The first kappa shape index (κ1) is 26.8. The van der Waals surface area contributed by atoms with Crippen LogP contribution in [0.1, 0.15) is 97.4 Å². The van der Waals surface area contributed by atoms with E-state index in [0.29, 0.717) is 0 Å². The number of anilines is 6. The average Bonchev–Trinajstić information content (AvgIpc) is 3.56. The predicted molar refractivity (Wildman–Crippen MR) is 193 cm³/mol. The van der Waals surface area contributed by atoms with Gasteiger partial charge in [0.05, 0.1) is 34.5 Å². The highest BCUT2D eigenvalue weighted by molar-refractivity contribution is 6.02. The molecule has 1 spiro atoms. The van der Waals surface area contributed by atoms with Gasteiger partial charge in [0.2, 0.25) is 5.69 Å². The van der Waals surface area contributed by atoms with Gasteiger partial charge in [0.25, 0.3) is 5.82 Å². The zero-order valence-corrected chi connectivity index (χ0v) is 29.4. The number of aryl methyl sites for hydroxylation is 2. The molecule has 6 aliphatic heterocycles. The molecule has 1 atom stereocenters. The van der Waals surface area contributed by atoms with E-state index in [0.717, 1.165) is 0 Å². The van der Waals surface area contributed by atoms with Gasteiger partial charge in [-0.1, -0.05) is 88.7 Å². The topological polar surface area (TPSA) is 19.2 Å². The molecule has 5 nitrogen and oxygen atoms in total. The molecule has 12 rings (SSSR count). The quantitative estimate of drug-likeness (QED) is 0.155. The number of hydrogen-bond donors (Lipinski definition) is 0. The Bertz CT molecular complexity index is 2630. The van der Waals surface area contributed by atoms with Crippen LogP contribution in [-0.2, 0) is 21.9 Å². The second-order valence-electron chi connectivity index (χ2n) is 16.8. The third-order valence-corrected chi connectivity index (χ3v) is 13.5. The molecule has 6 aromatic rings. The van der Waals surface area contributed by atoms with E-state index in [1.165, 1.54) is 95.8 Å². The molecular formula is C44H39N5+2. The van der Waals surface area contributed by atoms with Crippen molar-refractivity contribution in [2.75, 3.05) is 9.80 Å². The molecule has 6 aliphatic rings. The number of pyridine rings is 1. The summed E-state index contributed by atoms with van der Waals surface area (Å²) in [6.45, 7) is 19.3. The van der Waals surface area contributed by atoms with Crippen LogP contribution < -0.4 is 19.0 Å². The van der Waals surface area contributed by atoms with Crippen LogP contribution in [0.25, 0.3) is 5.69 Å². The Morgan fingerprint density at radius 2 is 1.10 bits per heavy atom. The summed E-state index contributed by atoms with van der Waals surface area (Å²) in [5.41, 5.74) is 20.3. The van der Waals surface area contributed by atoms with E-state index in [9.17, 15) is 0 Å². The summed E-state index contributed by atoms with van der Waals surface area (Å²) in [6.07, 6.45) is 2.38. The monoisotopic (exact) mass is 637 g/mol. The van der Waals surface area contributed by atoms with Crippen LogP contribution in [-0.4, -0.2) is 4.68 Å². The summed E-state index contributed by atoms with van der Waals surface area (Å²) in [4.78, 5) is 5.33. The van der Waals surface area contributed by atoms with Crippen molar-refractivity contribution < 1.29 is 9.25 Å². The normalized spacial score (nSPS) is 21.6. The van der Waals surface area contributed by atoms with Gasteiger partial charge in [-0.15, -0.1) is 4.68 Å². The second-order valence-corrected chi connectivity index (χ2v) is 16.8. The van der Waals surface area contributed by atoms with Crippen LogP contribution in [0.5, 0.6) is 0 Å². The fourth-order valence-corrected chi connectivity index (χ4v) is 11.4. The lowest BCUT2D eigenvalue weighted by Gasteiger charge is -2.53. The molecule has 0 saturated heterocycles. The number of aromatic nitrogens is 3. The Balaban J connectivity index is 1.41. The molecule has 0 aliphatic carbocycles. The van der Waals surface area contributed by atoms with Gasteiger partial charge in [-0.25, -0.2) is 0 Å². The second kappa shape index (κ2) is 7.52. The molecule has 2 aromatic heterocycles. The van der Waals surface area contributed by atoms with Crippen molar-refractivity contribution in [3.05, 3.63) is 147 Å². The maximum atomic E-state index is 2.69. The number of benzene rings is 4. The summed E-state index contributed by atoms with van der Waals surface area (Å²) >= 11 is 0.